The predicted octanol–water partition coefficient (Wildman–Crippen LogP) is 4.37. The summed E-state index contributed by atoms with van der Waals surface area (Å²) in [7, 11) is 0. The Hall–Kier alpha value is -1.58. The lowest BCUT2D eigenvalue weighted by molar-refractivity contribution is 0.877. The predicted molar refractivity (Wildman–Crippen MR) is 78.1 cm³/mol. The van der Waals surface area contributed by atoms with Crippen molar-refractivity contribution in [3.63, 3.8) is 0 Å². The highest BCUT2D eigenvalue weighted by Crippen LogP contribution is 2.27. The van der Waals surface area contributed by atoms with Gasteiger partial charge in [0, 0.05) is 16.9 Å². The molecule has 0 saturated heterocycles. The van der Waals surface area contributed by atoms with Gasteiger partial charge in [0.15, 0.2) is 5.65 Å². The van der Waals surface area contributed by atoms with E-state index in [1.165, 1.54) is 0 Å². The molecule has 3 rings (SSSR count). The monoisotopic (exact) mass is 291 g/mol. The van der Waals surface area contributed by atoms with Crippen molar-refractivity contribution >= 4 is 34.4 Å². The molecular formula is C14H11Cl2N3. The number of aromatic nitrogens is 3. The molecule has 0 aliphatic heterocycles. The number of fused-ring (bicyclic) bond motifs is 1. The molecule has 0 aliphatic carbocycles. The molecule has 5 heteroatoms. The zero-order valence-corrected chi connectivity index (χ0v) is 11.7. The summed E-state index contributed by atoms with van der Waals surface area (Å²) < 4.78 is 1.96. The minimum absolute atomic E-state index is 0.204. The maximum absolute atomic E-state index is 6.22. The molecule has 0 saturated carbocycles. The van der Waals surface area contributed by atoms with E-state index in [4.69, 9.17) is 23.2 Å². The van der Waals surface area contributed by atoms with Crippen LogP contribution in [0.25, 0.3) is 16.9 Å². The van der Waals surface area contributed by atoms with Gasteiger partial charge in [-0.25, -0.2) is 9.97 Å². The lowest BCUT2D eigenvalue weighted by atomic mass is 10.3. The number of hydrogen-bond acceptors (Lipinski definition) is 2. The third-order valence-electron chi connectivity index (χ3n) is 2.88. The Bertz CT molecular complexity index is 717. The Morgan fingerprint density at radius 3 is 2.58 bits per heavy atom. The molecule has 0 aliphatic rings. The molecule has 3 aromatic rings. The van der Waals surface area contributed by atoms with Crippen LogP contribution in [0.15, 0.2) is 42.6 Å². The van der Waals surface area contributed by atoms with Crippen LogP contribution < -0.4 is 0 Å². The molecule has 0 spiro atoms. The molecule has 1 aromatic carbocycles. The van der Waals surface area contributed by atoms with Crippen LogP contribution in [0.3, 0.4) is 0 Å². The van der Waals surface area contributed by atoms with Gasteiger partial charge < -0.3 is 0 Å². The number of halogens is 2. The topological polar surface area (TPSA) is 30.7 Å². The highest BCUT2D eigenvalue weighted by atomic mass is 35.5. The number of rotatable bonds is 2. The maximum Gasteiger partial charge on any atom is 0.164 e. The minimum atomic E-state index is -0.204. The van der Waals surface area contributed by atoms with Crippen LogP contribution in [0.5, 0.6) is 0 Å². The summed E-state index contributed by atoms with van der Waals surface area (Å²) in [6.45, 7) is 1.90. The molecule has 0 bridgehead atoms. The van der Waals surface area contributed by atoms with E-state index < -0.39 is 0 Å². The second kappa shape index (κ2) is 4.83. The quantitative estimate of drug-likeness (QED) is 0.656. The van der Waals surface area contributed by atoms with Crippen molar-refractivity contribution in [2.75, 3.05) is 0 Å². The first kappa shape index (κ1) is 12.5. The van der Waals surface area contributed by atoms with Gasteiger partial charge >= 0.3 is 0 Å². The van der Waals surface area contributed by atoms with Crippen molar-refractivity contribution in [3.05, 3.63) is 53.4 Å². The standard InChI is InChI=1S/C14H11Cl2N3/c1-9(15)13-18-12-3-2-8-17-14(12)19(13)11-6-4-10(16)5-7-11/h2-9H,1H3. The molecule has 0 amide bonds. The van der Waals surface area contributed by atoms with Crippen LogP contribution in [0.1, 0.15) is 18.1 Å². The molecule has 1 unspecified atom stereocenters. The normalized spacial score (nSPS) is 12.8. The number of alkyl halides is 1. The molecule has 2 aromatic heterocycles. The fraction of sp³-hybridized carbons (Fsp3) is 0.143. The molecule has 0 fully saturated rings. The van der Waals surface area contributed by atoms with E-state index in [-0.39, 0.29) is 5.38 Å². The van der Waals surface area contributed by atoms with E-state index in [2.05, 4.69) is 9.97 Å². The van der Waals surface area contributed by atoms with Crippen molar-refractivity contribution in [1.82, 2.24) is 14.5 Å². The molecule has 2 heterocycles. The molecule has 0 radical (unpaired) electrons. The van der Waals surface area contributed by atoms with Crippen LogP contribution in [0, 0.1) is 0 Å². The molecular weight excluding hydrogens is 281 g/mol. The second-order valence-corrected chi connectivity index (χ2v) is 5.34. The summed E-state index contributed by atoms with van der Waals surface area (Å²) >= 11 is 12.2. The Labute approximate surface area is 120 Å². The summed E-state index contributed by atoms with van der Waals surface area (Å²) in [6, 6.07) is 11.3. The first-order chi connectivity index (χ1) is 9.16. The van der Waals surface area contributed by atoms with Crippen LogP contribution in [-0.4, -0.2) is 14.5 Å². The van der Waals surface area contributed by atoms with E-state index in [1.807, 2.05) is 47.9 Å². The van der Waals surface area contributed by atoms with Gasteiger partial charge in [0.1, 0.15) is 11.3 Å². The van der Waals surface area contributed by atoms with Gasteiger partial charge in [-0.2, -0.15) is 0 Å². The average Bonchev–Trinajstić information content (AvgIpc) is 2.79. The number of hydrogen-bond donors (Lipinski definition) is 0. The second-order valence-electron chi connectivity index (χ2n) is 4.24. The number of benzene rings is 1. The van der Waals surface area contributed by atoms with Crippen molar-refractivity contribution in [3.8, 4) is 5.69 Å². The number of pyridine rings is 1. The zero-order chi connectivity index (χ0) is 13.4. The molecule has 0 N–H and O–H groups in total. The summed E-state index contributed by atoms with van der Waals surface area (Å²) in [5.74, 6) is 0.776. The summed E-state index contributed by atoms with van der Waals surface area (Å²) in [5.41, 5.74) is 2.58. The Kier molecular flexibility index (Phi) is 3.17. The third-order valence-corrected chi connectivity index (χ3v) is 3.33. The molecule has 96 valence electrons. The lowest BCUT2D eigenvalue weighted by Gasteiger charge is -2.09. The van der Waals surface area contributed by atoms with Gasteiger partial charge in [-0.15, -0.1) is 11.6 Å². The SMILES string of the molecule is CC(Cl)c1nc2cccnc2n1-c1ccc(Cl)cc1. The smallest absolute Gasteiger partial charge is 0.164 e. The summed E-state index contributed by atoms with van der Waals surface area (Å²) in [6.07, 6.45) is 1.75. The van der Waals surface area contributed by atoms with Gasteiger partial charge in [0.25, 0.3) is 0 Å². The first-order valence-electron chi connectivity index (χ1n) is 5.90. The van der Waals surface area contributed by atoms with E-state index in [9.17, 15) is 0 Å². The van der Waals surface area contributed by atoms with E-state index >= 15 is 0 Å². The average molecular weight is 292 g/mol. The zero-order valence-electron chi connectivity index (χ0n) is 10.2. The first-order valence-corrected chi connectivity index (χ1v) is 6.71. The van der Waals surface area contributed by atoms with Crippen LogP contribution >= 0.6 is 23.2 Å². The van der Waals surface area contributed by atoms with Gasteiger partial charge in [-0.3, -0.25) is 4.57 Å². The fourth-order valence-electron chi connectivity index (χ4n) is 2.04. The fourth-order valence-corrected chi connectivity index (χ4v) is 2.31. The van der Waals surface area contributed by atoms with Gasteiger partial charge in [-0.1, -0.05) is 11.6 Å². The van der Waals surface area contributed by atoms with Crippen LogP contribution in [-0.2, 0) is 0 Å². The lowest BCUT2D eigenvalue weighted by Crippen LogP contribution is -2.02. The minimum Gasteiger partial charge on any atom is -0.279 e. The number of nitrogens with zero attached hydrogens (tertiary/aromatic N) is 3. The Morgan fingerprint density at radius 1 is 1.16 bits per heavy atom. The van der Waals surface area contributed by atoms with E-state index in [1.54, 1.807) is 6.20 Å². The van der Waals surface area contributed by atoms with E-state index in [0.717, 1.165) is 22.7 Å². The van der Waals surface area contributed by atoms with E-state index in [0.29, 0.717) is 5.02 Å². The largest absolute Gasteiger partial charge is 0.279 e. The van der Waals surface area contributed by atoms with Crippen molar-refractivity contribution in [2.24, 2.45) is 0 Å². The maximum atomic E-state index is 6.22. The van der Waals surface area contributed by atoms with Crippen molar-refractivity contribution in [2.45, 2.75) is 12.3 Å². The van der Waals surface area contributed by atoms with Crippen molar-refractivity contribution < 1.29 is 0 Å². The van der Waals surface area contributed by atoms with Crippen LogP contribution in [0.2, 0.25) is 5.02 Å². The Morgan fingerprint density at radius 2 is 1.89 bits per heavy atom. The highest BCUT2D eigenvalue weighted by Gasteiger charge is 2.16. The molecule has 19 heavy (non-hydrogen) atoms. The molecule has 3 nitrogen and oxygen atoms in total. The number of imidazole rings is 1. The third kappa shape index (κ3) is 2.20. The summed E-state index contributed by atoms with van der Waals surface area (Å²) in [4.78, 5) is 8.94. The highest BCUT2D eigenvalue weighted by molar-refractivity contribution is 6.30. The Balaban J connectivity index is 2.31. The summed E-state index contributed by atoms with van der Waals surface area (Å²) in [5, 5.41) is 0.492. The van der Waals surface area contributed by atoms with Crippen LogP contribution in [0.4, 0.5) is 0 Å². The van der Waals surface area contributed by atoms with Gasteiger partial charge in [0.2, 0.25) is 0 Å². The molecule has 1 atom stereocenters. The van der Waals surface area contributed by atoms with Gasteiger partial charge in [-0.05, 0) is 43.3 Å². The van der Waals surface area contributed by atoms with Gasteiger partial charge in [0.05, 0.1) is 5.38 Å². The van der Waals surface area contributed by atoms with Crippen molar-refractivity contribution in [1.29, 1.82) is 0 Å².